The van der Waals surface area contributed by atoms with Gasteiger partial charge in [-0.3, -0.25) is 9.69 Å². The van der Waals surface area contributed by atoms with E-state index in [1.807, 2.05) is 52.8 Å². The quantitative estimate of drug-likeness (QED) is 0.784. The Balaban J connectivity index is 2.45. The summed E-state index contributed by atoms with van der Waals surface area (Å²) < 4.78 is 5.53. The molecule has 0 radical (unpaired) electrons. The first kappa shape index (κ1) is 15.5. The van der Waals surface area contributed by atoms with Crippen molar-refractivity contribution in [3.05, 3.63) is 29.8 Å². The van der Waals surface area contributed by atoms with Gasteiger partial charge in [0.2, 0.25) is 0 Å². The summed E-state index contributed by atoms with van der Waals surface area (Å²) in [4.78, 5) is 26.5. The normalized spacial score (nSPS) is 18.7. The van der Waals surface area contributed by atoms with E-state index in [4.69, 9.17) is 4.74 Å². The average molecular weight is 289 g/mol. The van der Waals surface area contributed by atoms with Crippen molar-refractivity contribution in [2.75, 3.05) is 4.90 Å². The summed E-state index contributed by atoms with van der Waals surface area (Å²) in [6.07, 6.45) is -0.0466. The molecule has 0 unspecified atom stereocenters. The number of fused-ring (bicyclic) bond motifs is 1. The van der Waals surface area contributed by atoms with Crippen LogP contribution in [0.15, 0.2) is 24.3 Å². The van der Waals surface area contributed by atoms with E-state index in [1.165, 1.54) is 0 Å². The largest absolute Gasteiger partial charge is 0.443 e. The average Bonchev–Trinajstić information content (AvgIpc) is 2.36. The molecule has 4 heteroatoms. The summed E-state index contributed by atoms with van der Waals surface area (Å²) in [5, 5.41) is 0. The van der Waals surface area contributed by atoms with Gasteiger partial charge in [-0.05, 0) is 38.8 Å². The minimum atomic E-state index is -0.561. The van der Waals surface area contributed by atoms with E-state index in [1.54, 1.807) is 11.0 Å². The molecule has 1 aliphatic rings. The number of rotatable bonds is 1. The highest BCUT2D eigenvalue weighted by atomic mass is 16.6. The second-order valence-electron chi connectivity index (χ2n) is 6.81. The van der Waals surface area contributed by atoms with Crippen LogP contribution in [0.5, 0.6) is 0 Å². The zero-order valence-corrected chi connectivity index (χ0v) is 13.3. The topological polar surface area (TPSA) is 46.6 Å². The van der Waals surface area contributed by atoms with Crippen molar-refractivity contribution < 1.29 is 14.3 Å². The number of ketones is 1. The second-order valence-corrected chi connectivity index (χ2v) is 6.81. The number of hydrogen-bond acceptors (Lipinski definition) is 3. The molecule has 0 spiro atoms. The molecule has 0 bridgehead atoms. The lowest BCUT2D eigenvalue weighted by Crippen LogP contribution is -2.49. The number of amides is 1. The third-order valence-corrected chi connectivity index (χ3v) is 3.55. The van der Waals surface area contributed by atoms with E-state index in [0.717, 1.165) is 0 Å². The van der Waals surface area contributed by atoms with Gasteiger partial charge in [-0.15, -0.1) is 0 Å². The predicted molar refractivity (Wildman–Crippen MR) is 82.7 cm³/mol. The molecule has 0 aromatic heterocycles. The fourth-order valence-electron chi connectivity index (χ4n) is 2.57. The first-order valence-electron chi connectivity index (χ1n) is 7.35. The molecule has 0 saturated heterocycles. The number of ether oxygens (including phenoxy) is 1. The van der Waals surface area contributed by atoms with Gasteiger partial charge >= 0.3 is 6.09 Å². The van der Waals surface area contributed by atoms with Crippen LogP contribution in [0.1, 0.15) is 51.4 Å². The van der Waals surface area contributed by atoms with E-state index in [0.29, 0.717) is 17.7 Å². The Labute approximate surface area is 126 Å². The van der Waals surface area contributed by atoms with Crippen molar-refractivity contribution in [3.63, 3.8) is 0 Å². The third kappa shape index (κ3) is 3.26. The van der Waals surface area contributed by atoms with E-state index in [2.05, 4.69) is 0 Å². The third-order valence-electron chi connectivity index (χ3n) is 3.55. The lowest BCUT2D eigenvalue weighted by molar-refractivity contribution is 0.0549. The minimum Gasteiger partial charge on any atom is -0.443 e. The van der Waals surface area contributed by atoms with Gasteiger partial charge in [0.05, 0.1) is 5.69 Å². The lowest BCUT2D eigenvalue weighted by Gasteiger charge is -2.39. The zero-order valence-electron chi connectivity index (χ0n) is 13.3. The zero-order chi connectivity index (χ0) is 15.8. The maximum Gasteiger partial charge on any atom is 0.415 e. The Morgan fingerprint density at radius 1 is 1.29 bits per heavy atom. The van der Waals surface area contributed by atoms with Crippen LogP contribution < -0.4 is 4.90 Å². The molecule has 0 N–H and O–H groups in total. The van der Waals surface area contributed by atoms with Crippen LogP contribution in [0.3, 0.4) is 0 Å². The molecule has 4 nitrogen and oxygen atoms in total. The fraction of sp³-hybridized carbons (Fsp3) is 0.529. The molecule has 1 aliphatic heterocycles. The molecule has 0 aliphatic carbocycles. The summed E-state index contributed by atoms with van der Waals surface area (Å²) in [6.45, 7) is 9.56. The van der Waals surface area contributed by atoms with Gasteiger partial charge in [-0.25, -0.2) is 4.79 Å². The van der Waals surface area contributed by atoms with Gasteiger partial charge in [0, 0.05) is 18.0 Å². The first-order valence-corrected chi connectivity index (χ1v) is 7.35. The smallest absolute Gasteiger partial charge is 0.415 e. The lowest BCUT2D eigenvalue weighted by atomic mass is 9.89. The SMILES string of the molecule is CC(C)[C@@H]1CC(=O)c2ccccc2N1C(=O)OC(C)(C)C. The molecular formula is C17H23NO3. The number of Topliss-reactive ketones (excluding diaryl/α,β-unsaturated/α-hetero) is 1. The maximum absolute atomic E-state index is 12.6. The van der Waals surface area contributed by atoms with Crippen molar-refractivity contribution >= 4 is 17.6 Å². The molecule has 1 aromatic carbocycles. The van der Waals surface area contributed by atoms with E-state index in [9.17, 15) is 9.59 Å². The van der Waals surface area contributed by atoms with Crippen molar-refractivity contribution in [2.45, 2.75) is 52.7 Å². The van der Waals surface area contributed by atoms with Crippen molar-refractivity contribution in [2.24, 2.45) is 5.92 Å². The van der Waals surface area contributed by atoms with Gasteiger partial charge in [-0.2, -0.15) is 0 Å². The number of nitrogens with zero attached hydrogens (tertiary/aromatic N) is 1. The van der Waals surface area contributed by atoms with Crippen molar-refractivity contribution in [1.29, 1.82) is 0 Å². The second kappa shape index (κ2) is 5.51. The van der Waals surface area contributed by atoms with E-state index >= 15 is 0 Å². The molecule has 21 heavy (non-hydrogen) atoms. The first-order chi connectivity index (χ1) is 9.70. The molecule has 1 heterocycles. The molecule has 1 atom stereocenters. The van der Waals surface area contributed by atoms with Crippen LogP contribution in [-0.4, -0.2) is 23.5 Å². The van der Waals surface area contributed by atoms with E-state index < -0.39 is 5.60 Å². The number of benzene rings is 1. The molecule has 1 amide bonds. The van der Waals surface area contributed by atoms with Crippen LogP contribution in [0.4, 0.5) is 10.5 Å². The highest BCUT2D eigenvalue weighted by Crippen LogP contribution is 2.34. The summed E-state index contributed by atoms with van der Waals surface area (Å²) in [5.41, 5.74) is 0.691. The highest BCUT2D eigenvalue weighted by molar-refractivity contribution is 6.08. The number of carbonyl (C=O) groups excluding carboxylic acids is 2. The van der Waals surface area contributed by atoms with Crippen molar-refractivity contribution in [3.8, 4) is 0 Å². The van der Waals surface area contributed by atoms with Gasteiger partial charge in [-0.1, -0.05) is 26.0 Å². The van der Waals surface area contributed by atoms with Crippen LogP contribution in [0.25, 0.3) is 0 Å². The summed E-state index contributed by atoms with van der Waals surface area (Å²) in [6, 6.07) is 7.07. The molecular weight excluding hydrogens is 266 g/mol. The highest BCUT2D eigenvalue weighted by Gasteiger charge is 2.38. The van der Waals surface area contributed by atoms with Crippen LogP contribution in [0.2, 0.25) is 0 Å². The van der Waals surface area contributed by atoms with Gasteiger partial charge in [0.15, 0.2) is 5.78 Å². The van der Waals surface area contributed by atoms with Crippen molar-refractivity contribution in [1.82, 2.24) is 0 Å². The summed E-state index contributed by atoms with van der Waals surface area (Å²) >= 11 is 0. The van der Waals surface area contributed by atoms with Gasteiger partial charge in [0.1, 0.15) is 5.60 Å². The molecule has 114 valence electrons. The summed E-state index contributed by atoms with van der Waals surface area (Å²) in [7, 11) is 0. The van der Waals surface area contributed by atoms with Gasteiger partial charge in [0.25, 0.3) is 0 Å². The number of hydrogen-bond donors (Lipinski definition) is 0. The molecule has 0 fully saturated rings. The Hall–Kier alpha value is -1.84. The van der Waals surface area contributed by atoms with Crippen LogP contribution in [-0.2, 0) is 4.74 Å². The van der Waals surface area contributed by atoms with Gasteiger partial charge < -0.3 is 4.74 Å². The summed E-state index contributed by atoms with van der Waals surface area (Å²) in [5.74, 6) is 0.263. The Bertz CT molecular complexity index is 557. The van der Waals surface area contributed by atoms with Crippen LogP contribution >= 0.6 is 0 Å². The van der Waals surface area contributed by atoms with E-state index in [-0.39, 0.29) is 23.8 Å². The molecule has 2 rings (SSSR count). The number of anilines is 1. The number of para-hydroxylation sites is 1. The standard InChI is InChI=1S/C17H23NO3/c1-11(2)14-10-15(19)12-8-6-7-9-13(12)18(14)16(20)21-17(3,4)5/h6-9,11,14H,10H2,1-5H3/t14-/m0/s1. The Kier molecular flexibility index (Phi) is 4.08. The molecule has 1 aromatic rings. The molecule has 0 saturated carbocycles. The monoisotopic (exact) mass is 289 g/mol. The Morgan fingerprint density at radius 2 is 1.90 bits per heavy atom. The number of carbonyl (C=O) groups is 2. The minimum absolute atomic E-state index is 0.0871. The van der Waals surface area contributed by atoms with Crippen LogP contribution in [0, 0.1) is 5.92 Å². The predicted octanol–water partition coefficient (Wildman–Crippen LogP) is 4.04. The maximum atomic E-state index is 12.6. The Morgan fingerprint density at radius 3 is 2.48 bits per heavy atom. The fourth-order valence-corrected chi connectivity index (χ4v) is 2.57.